The van der Waals surface area contributed by atoms with Gasteiger partial charge < -0.3 is 10.5 Å². The molecule has 2 rings (SSSR count). The van der Waals surface area contributed by atoms with E-state index in [1.807, 2.05) is 0 Å². The van der Waals surface area contributed by atoms with E-state index in [9.17, 15) is 13.2 Å². The van der Waals surface area contributed by atoms with Gasteiger partial charge in [0, 0.05) is 17.4 Å². The van der Waals surface area contributed by atoms with Gasteiger partial charge in [-0.3, -0.25) is 4.98 Å². The van der Waals surface area contributed by atoms with Crippen molar-refractivity contribution in [3.05, 3.63) is 42.2 Å². The summed E-state index contributed by atoms with van der Waals surface area (Å²) in [5.74, 6) is 0.466. The minimum absolute atomic E-state index is 0.0487. The number of hydrogen-bond donors (Lipinski definition) is 1. The lowest BCUT2D eigenvalue weighted by Gasteiger charge is -2.11. The molecule has 0 aliphatic carbocycles. The molecule has 0 bridgehead atoms. The van der Waals surface area contributed by atoms with Crippen LogP contribution < -0.4 is 10.5 Å². The van der Waals surface area contributed by atoms with E-state index in [0.717, 1.165) is 12.1 Å². The van der Waals surface area contributed by atoms with E-state index >= 15 is 0 Å². The summed E-state index contributed by atoms with van der Waals surface area (Å²) in [6.45, 7) is 0. The summed E-state index contributed by atoms with van der Waals surface area (Å²) in [4.78, 5) is 3.91. The van der Waals surface area contributed by atoms with Crippen LogP contribution in [-0.4, -0.2) is 12.1 Å². The van der Waals surface area contributed by atoms with E-state index in [0.29, 0.717) is 16.9 Å². The molecule has 0 aliphatic rings. The molecule has 100 valence electrons. The Morgan fingerprint density at radius 1 is 1.05 bits per heavy atom. The number of methoxy groups -OCH3 is 1. The summed E-state index contributed by atoms with van der Waals surface area (Å²) in [6, 6.07) is 5.00. The van der Waals surface area contributed by atoms with Crippen molar-refractivity contribution in [3.8, 4) is 16.9 Å². The van der Waals surface area contributed by atoms with Gasteiger partial charge in [-0.25, -0.2) is 0 Å². The number of anilines is 1. The third-order valence-electron chi connectivity index (χ3n) is 2.56. The number of rotatable bonds is 2. The summed E-state index contributed by atoms with van der Waals surface area (Å²) in [7, 11) is 1.46. The number of halogens is 3. The number of alkyl halides is 3. The summed E-state index contributed by atoms with van der Waals surface area (Å²) in [5.41, 5.74) is 5.63. The zero-order valence-corrected chi connectivity index (χ0v) is 10.0. The Kier molecular flexibility index (Phi) is 3.33. The number of nitrogen functional groups attached to an aromatic ring is 1. The second-order valence-corrected chi connectivity index (χ2v) is 3.95. The average molecular weight is 268 g/mol. The number of nitrogens with two attached hydrogens (primary N) is 1. The molecule has 1 heterocycles. The maximum atomic E-state index is 12.7. The second kappa shape index (κ2) is 4.79. The highest BCUT2D eigenvalue weighted by Gasteiger charge is 2.31. The molecule has 6 heteroatoms. The van der Waals surface area contributed by atoms with Crippen LogP contribution in [0.15, 0.2) is 36.7 Å². The molecule has 0 saturated heterocycles. The molecule has 0 amide bonds. The lowest BCUT2D eigenvalue weighted by molar-refractivity contribution is -0.137. The molecule has 0 radical (unpaired) electrons. The predicted molar refractivity (Wildman–Crippen MR) is 65.6 cm³/mol. The van der Waals surface area contributed by atoms with Gasteiger partial charge in [0.05, 0.1) is 18.9 Å². The Labute approximate surface area is 107 Å². The number of benzene rings is 1. The van der Waals surface area contributed by atoms with Crippen molar-refractivity contribution in [2.45, 2.75) is 6.18 Å². The number of aromatic nitrogens is 1. The third-order valence-corrected chi connectivity index (χ3v) is 2.56. The number of nitrogens with zero attached hydrogens (tertiary/aromatic N) is 1. The SMILES string of the molecule is COc1cncc(-c2cc(N)cc(C(F)(F)F)c2)c1. The van der Waals surface area contributed by atoms with Crippen molar-refractivity contribution in [1.82, 2.24) is 4.98 Å². The van der Waals surface area contributed by atoms with Gasteiger partial charge in [0.2, 0.25) is 0 Å². The number of hydrogen-bond acceptors (Lipinski definition) is 3. The van der Waals surface area contributed by atoms with Crippen LogP contribution in [0.5, 0.6) is 5.75 Å². The quantitative estimate of drug-likeness (QED) is 0.849. The molecule has 3 nitrogen and oxygen atoms in total. The monoisotopic (exact) mass is 268 g/mol. The molecule has 2 aromatic rings. The van der Waals surface area contributed by atoms with Crippen LogP contribution in [-0.2, 0) is 6.18 Å². The molecule has 0 saturated carbocycles. The molecule has 0 atom stereocenters. The third kappa shape index (κ3) is 2.96. The Morgan fingerprint density at radius 3 is 2.42 bits per heavy atom. The van der Waals surface area contributed by atoms with Gasteiger partial charge in [0.1, 0.15) is 5.75 Å². The van der Waals surface area contributed by atoms with Crippen LogP contribution in [0, 0.1) is 0 Å². The highest BCUT2D eigenvalue weighted by atomic mass is 19.4. The molecular formula is C13H11F3N2O. The molecule has 19 heavy (non-hydrogen) atoms. The highest BCUT2D eigenvalue weighted by molar-refractivity contribution is 5.69. The summed E-state index contributed by atoms with van der Waals surface area (Å²) in [6.07, 6.45) is -1.51. The van der Waals surface area contributed by atoms with Gasteiger partial charge in [0.25, 0.3) is 0 Å². The van der Waals surface area contributed by atoms with Crippen LogP contribution in [0.25, 0.3) is 11.1 Å². The minimum atomic E-state index is -4.43. The molecule has 0 aliphatic heterocycles. The van der Waals surface area contributed by atoms with E-state index in [1.165, 1.54) is 25.6 Å². The Balaban J connectivity index is 2.53. The summed E-state index contributed by atoms with van der Waals surface area (Å²) >= 11 is 0. The molecule has 0 fully saturated rings. The molecular weight excluding hydrogens is 257 g/mol. The van der Waals surface area contributed by atoms with Crippen LogP contribution in [0.3, 0.4) is 0 Å². The van der Waals surface area contributed by atoms with Crippen LogP contribution >= 0.6 is 0 Å². The largest absolute Gasteiger partial charge is 0.495 e. The smallest absolute Gasteiger partial charge is 0.416 e. The highest BCUT2D eigenvalue weighted by Crippen LogP contribution is 2.34. The lowest BCUT2D eigenvalue weighted by Crippen LogP contribution is -2.06. The zero-order chi connectivity index (χ0) is 14.0. The Hall–Kier alpha value is -2.24. The first-order valence-corrected chi connectivity index (χ1v) is 5.37. The first kappa shape index (κ1) is 13.2. The van der Waals surface area contributed by atoms with Crippen LogP contribution in [0.1, 0.15) is 5.56 Å². The van der Waals surface area contributed by atoms with Crippen molar-refractivity contribution in [1.29, 1.82) is 0 Å². The summed E-state index contributed by atoms with van der Waals surface area (Å²) in [5, 5.41) is 0. The van der Waals surface area contributed by atoms with Gasteiger partial charge in [-0.15, -0.1) is 0 Å². The first-order valence-electron chi connectivity index (χ1n) is 5.37. The fourth-order valence-corrected chi connectivity index (χ4v) is 1.67. The van der Waals surface area contributed by atoms with Gasteiger partial charge in [-0.1, -0.05) is 0 Å². The Morgan fingerprint density at radius 2 is 1.79 bits per heavy atom. The van der Waals surface area contributed by atoms with Crippen LogP contribution in [0.4, 0.5) is 18.9 Å². The van der Waals surface area contributed by atoms with E-state index in [-0.39, 0.29) is 5.69 Å². The van der Waals surface area contributed by atoms with Crippen LogP contribution in [0.2, 0.25) is 0 Å². The number of pyridine rings is 1. The molecule has 0 spiro atoms. The average Bonchev–Trinajstić information content (AvgIpc) is 2.37. The molecule has 0 unspecified atom stereocenters. The molecule has 1 aromatic carbocycles. The van der Waals surface area contributed by atoms with E-state index < -0.39 is 11.7 Å². The minimum Gasteiger partial charge on any atom is -0.495 e. The maximum absolute atomic E-state index is 12.7. The van der Waals surface area contributed by atoms with E-state index in [2.05, 4.69) is 4.98 Å². The predicted octanol–water partition coefficient (Wildman–Crippen LogP) is 3.36. The zero-order valence-electron chi connectivity index (χ0n) is 10.0. The van der Waals surface area contributed by atoms with Crippen molar-refractivity contribution in [2.75, 3.05) is 12.8 Å². The summed E-state index contributed by atoms with van der Waals surface area (Å²) < 4.78 is 43.1. The van der Waals surface area contributed by atoms with E-state index in [1.54, 1.807) is 6.07 Å². The van der Waals surface area contributed by atoms with Gasteiger partial charge in [-0.05, 0) is 29.8 Å². The van der Waals surface area contributed by atoms with Gasteiger partial charge >= 0.3 is 6.18 Å². The second-order valence-electron chi connectivity index (χ2n) is 3.95. The number of ether oxygens (including phenoxy) is 1. The fourth-order valence-electron chi connectivity index (χ4n) is 1.67. The topological polar surface area (TPSA) is 48.1 Å². The standard InChI is InChI=1S/C13H11F3N2O/c1-19-12-4-9(6-18-7-12)8-2-10(13(14,15)16)5-11(17)3-8/h2-7H,17H2,1H3. The molecule has 2 N–H and O–H groups in total. The van der Waals surface area contributed by atoms with Gasteiger partial charge in [0.15, 0.2) is 0 Å². The fraction of sp³-hybridized carbons (Fsp3) is 0.154. The lowest BCUT2D eigenvalue weighted by atomic mass is 10.0. The van der Waals surface area contributed by atoms with E-state index in [4.69, 9.17) is 10.5 Å². The first-order chi connectivity index (χ1) is 8.90. The van der Waals surface area contributed by atoms with Crippen molar-refractivity contribution in [3.63, 3.8) is 0 Å². The van der Waals surface area contributed by atoms with Crippen molar-refractivity contribution >= 4 is 5.69 Å². The normalized spacial score (nSPS) is 11.4. The maximum Gasteiger partial charge on any atom is 0.416 e. The molecule has 1 aromatic heterocycles. The van der Waals surface area contributed by atoms with Gasteiger partial charge in [-0.2, -0.15) is 13.2 Å². The van der Waals surface area contributed by atoms with Crippen molar-refractivity contribution < 1.29 is 17.9 Å². The Bertz CT molecular complexity index is 597. The van der Waals surface area contributed by atoms with Crippen molar-refractivity contribution in [2.24, 2.45) is 0 Å².